The Morgan fingerprint density at radius 3 is 1.58 bits per heavy atom. The molecule has 26 heavy (non-hydrogen) atoms. The number of aryl methyl sites for hydroxylation is 2. The lowest BCUT2D eigenvalue weighted by atomic mass is 10.1. The van der Waals surface area contributed by atoms with Gasteiger partial charge in [0.2, 0.25) is 0 Å². The fourth-order valence-corrected chi connectivity index (χ4v) is 1.91. The number of hydrogen-bond donors (Lipinski definition) is 0. The van der Waals surface area contributed by atoms with Gasteiger partial charge in [0.1, 0.15) is 5.82 Å². The first kappa shape index (κ1) is 26.6. The molecule has 0 N–H and O–H groups in total. The second-order valence-electron chi connectivity index (χ2n) is 4.60. The van der Waals surface area contributed by atoms with Crippen molar-refractivity contribution in [2.75, 3.05) is 0 Å². The van der Waals surface area contributed by atoms with Crippen molar-refractivity contribution >= 4 is 11.6 Å². The summed E-state index contributed by atoms with van der Waals surface area (Å²) in [6.07, 6.45) is -4.95. The maximum atomic E-state index is 12.4. The van der Waals surface area contributed by atoms with Crippen molar-refractivity contribution in [3.63, 3.8) is 0 Å². The Bertz CT molecular complexity index is 628. The van der Waals surface area contributed by atoms with E-state index in [1.54, 1.807) is 19.1 Å². The second kappa shape index (κ2) is 14.5. The van der Waals surface area contributed by atoms with E-state index in [2.05, 4.69) is 0 Å². The minimum absolute atomic E-state index is 0.0116. The van der Waals surface area contributed by atoms with Gasteiger partial charge in [-0.3, -0.25) is 0 Å². The summed E-state index contributed by atoms with van der Waals surface area (Å²) in [5, 5.41) is 0.353. The van der Waals surface area contributed by atoms with Crippen molar-refractivity contribution in [1.82, 2.24) is 0 Å². The molecule has 2 aromatic rings. The standard InChI is InChI=1S/C8H7ClF2.C8H7F3.2C2H6/c1-5-2-3-6(9)4-7(5)8(10)11;1-5-4-6(9)2-3-7(5)8(10)11;2*1-2/h2*2-4,8H,1H3;2*1-2H3. The smallest absolute Gasteiger partial charge is 0.207 e. The Balaban J connectivity index is 0. The Kier molecular flexibility index (Phi) is 14.9. The van der Waals surface area contributed by atoms with Crippen LogP contribution in [0.5, 0.6) is 0 Å². The van der Waals surface area contributed by atoms with E-state index in [1.807, 2.05) is 27.7 Å². The summed E-state index contributed by atoms with van der Waals surface area (Å²) in [5.41, 5.74) is 0.772. The molecule has 0 heterocycles. The van der Waals surface area contributed by atoms with Gasteiger partial charge in [-0.15, -0.1) is 0 Å². The van der Waals surface area contributed by atoms with E-state index in [0.717, 1.165) is 18.2 Å². The first-order valence-electron chi connectivity index (χ1n) is 8.30. The van der Waals surface area contributed by atoms with E-state index in [4.69, 9.17) is 11.6 Å². The average Bonchev–Trinajstić information content (AvgIpc) is 2.60. The second-order valence-corrected chi connectivity index (χ2v) is 5.04. The van der Waals surface area contributed by atoms with Gasteiger partial charge in [0.05, 0.1) is 0 Å². The molecule has 0 atom stereocenters. The highest BCUT2D eigenvalue weighted by molar-refractivity contribution is 6.30. The quantitative estimate of drug-likeness (QED) is 0.445. The van der Waals surface area contributed by atoms with Crippen LogP contribution in [-0.2, 0) is 0 Å². The van der Waals surface area contributed by atoms with E-state index in [0.29, 0.717) is 16.1 Å². The number of rotatable bonds is 2. The normalized spacial score (nSPS) is 9.46. The fourth-order valence-electron chi connectivity index (χ4n) is 1.73. The Morgan fingerprint density at radius 1 is 0.692 bits per heavy atom. The molecule has 0 saturated carbocycles. The van der Waals surface area contributed by atoms with Crippen molar-refractivity contribution in [2.45, 2.75) is 54.4 Å². The molecule has 0 amide bonds. The van der Waals surface area contributed by atoms with Crippen LogP contribution in [0.15, 0.2) is 36.4 Å². The summed E-state index contributed by atoms with van der Waals surface area (Å²) in [4.78, 5) is 0. The van der Waals surface area contributed by atoms with Gasteiger partial charge in [-0.2, -0.15) is 0 Å². The third-order valence-corrected chi connectivity index (χ3v) is 3.18. The third-order valence-electron chi connectivity index (χ3n) is 2.94. The van der Waals surface area contributed by atoms with Crippen LogP contribution >= 0.6 is 11.6 Å². The molecule has 0 aromatic heterocycles. The Hall–Kier alpha value is -1.62. The highest BCUT2D eigenvalue weighted by Crippen LogP contribution is 2.25. The van der Waals surface area contributed by atoms with E-state index < -0.39 is 18.7 Å². The summed E-state index contributed by atoms with van der Waals surface area (Å²) < 4.78 is 60.7. The summed E-state index contributed by atoms with van der Waals surface area (Å²) in [6, 6.07) is 7.72. The van der Waals surface area contributed by atoms with Gasteiger partial charge in [0.15, 0.2) is 0 Å². The first-order chi connectivity index (χ1) is 12.2. The number of halogens is 6. The van der Waals surface area contributed by atoms with Crippen molar-refractivity contribution in [2.24, 2.45) is 0 Å². The molecular weight excluding hydrogens is 371 g/mol. The van der Waals surface area contributed by atoms with Crippen LogP contribution in [0, 0.1) is 19.7 Å². The lowest BCUT2D eigenvalue weighted by Crippen LogP contribution is -1.89. The van der Waals surface area contributed by atoms with Gasteiger partial charge in [-0.05, 0) is 49.2 Å². The van der Waals surface area contributed by atoms with Crippen LogP contribution in [0.1, 0.15) is 62.8 Å². The molecule has 0 aliphatic heterocycles. The van der Waals surface area contributed by atoms with Gasteiger partial charge in [0, 0.05) is 16.1 Å². The van der Waals surface area contributed by atoms with Gasteiger partial charge in [-0.25, -0.2) is 22.0 Å². The van der Waals surface area contributed by atoms with Crippen molar-refractivity contribution in [3.8, 4) is 0 Å². The largest absolute Gasteiger partial charge is 0.264 e. The highest BCUT2D eigenvalue weighted by atomic mass is 35.5. The molecule has 0 aliphatic rings. The average molecular weight is 397 g/mol. The maximum absolute atomic E-state index is 12.4. The van der Waals surface area contributed by atoms with Crippen LogP contribution < -0.4 is 0 Å². The monoisotopic (exact) mass is 396 g/mol. The van der Waals surface area contributed by atoms with E-state index in [1.165, 1.54) is 13.0 Å². The molecule has 0 bridgehead atoms. The Labute approximate surface area is 158 Å². The molecule has 0 saturated heterocycles. The molecule has 6 heteroatoms. The Morgan fingerprint density at radius 2 is 1.19 bits per heavy atom. The minimum atomic E-state index is -2.52. The molecule has 0 fully saturated rings. The van der Waals surface area contributed by atoms with E-state index in [-0.39, 0.29) is 11.1 Å². The van der Waals surface area contributed by atoms with Gasteiger partial charge >= 0.3 is 0 Å². The molecule has 2 aromatic carbocycles. The lowest BCUT2D eigenvalue weighted by Gasteiger charge is -2.03. The van der Waals surface area contributed by atoms with Crippen molar-refractivity contribution in [3.05, 3.63) is 69.5 Å². The zero-order valence-electron chi connectivity index (χ0n) is 15.9. The SMILES string of the molecule is CC.CC.Cc1cc(F)ccc1C(F)F.Cc1ccc(Cl)cc1C(F)F. The number of alkyl halides is 4. The molecular formula is C20H26ClF5. The summed E-state index contributed by atoms with van der Waals surface area (Å²) in [6.45, 7) is 11.1. The van der Waals surface area contributed by atoms with Gasteiger partial charge in [0.25, 0.3) is 12.9 Å². The lowest BCUT2D eigenvalue weighted by molar-refractivity contribution is 0.150. The molecule has 2 rings (SSSR count). The van der Waals surface area contributed by atoms with Crippen molar-refractivity contribution < 1.29 is 22.0 Å². The van der Waals surface area contributed by atoms with Crippen LogP contribution in [-0.4, -0.2) is 0 Å². The molecule has 0 unspecified atom stereocenters. The fraction of sp³-hybridized carbons (Fsp3) is 0.400. The van der Waals surface area contributed by atoms with Crippen LogP contribution in [0.25, 0.3) is 0 Å². The van der Waals surface area contributed by atoms with Crippen LogP contribution in [0.2, 0.25) is 5.02 Å². The predicted molar refractivity (Wildman–Crippen MR) is 99.9 cm³/mol. The van der Waals surface area contributed by atoms with Gasteiger partial charge in [-0.1, -0.05) is 51.4 Å². The molecule has 0 spiro atoms. The topological polar surface area (TPSA) is 0 Å². The molecule has 0 radical (unpaired) electrons. The number of benzene rings is 2. The molecule has 0 aliphatic carbocycles. The first-order valence-corrected chi connectivity index (χ1v) is 8.68. The van der Waals surface area contributed by atoms with E-state index in [9.17, 15) is 22.0 Å². The predicted octanol–water partition coefficient (Wildman–Crippen LogP) is 8.71. The highest BCUT2D eigenvalue weighted by Gasteiger charge is 2.10. The van der Waals surface area contributed by atoms with Crippen molar-refractivity contribution in [1.29, 1.82) is 0 Å². The summed E-state index contributed by atoms with van der Waals surface area (Å²) in [5.74, 6) is -0.480. The summed E-state index contributed by atoms with van der Waals surface area (Å²) >= 11 is 5.53. The van der Waals surface area contributed by atoms with Crippen LogP contribution in [0.3, 0.4) is 0 Å². The maximum Gasteiger partial charge on any atom is 0.264 e. The third kappa shape index (κ3) is 9.76. The number of hydrogen-bond acceptors (Lipinski definition) is 0. The minimum Gasteiger partial charge on any atom is -0.207 e. The molecule has 148 valence electrons. The zero-order chi connectivity index (χ0) is 20.9. The van der Waals surface area contributed by atoms with Gasteiger partial charge < -0.3 is 0 Å². The zero-order valence-corrected chi connectivity index (χ0v) is 16.6. The summed E-state index contributed by atoms with van der Waals surface area (Å²) in [7, 11) is 0. The van der Waals surface area contributed by atoms with E-state index >= 15 is 0 Å². The van der Waals surface area contributed by atoms with Crippen LogP contribution in [0.4, 0.5) is 22.0 Å². The molecule has 0 nitrogen and oxygen atoms in total.